The normalized spacial score (nSPS) is 10.3. The minimum Gasteiger partial charge on any atom is -0.465 e. The second-order valence-corrected chi connectivity index (χ2v) is 5.55. The average molecular weight is 352 g/mol. The molecular formula is C16H15BrFNO2. The second kappa shape index (κ2) is 6.72. The SMILES string of the molecule is COC(=O)c1cc(C)ccc1NCc1cc(Br)ccc1F. The van der Waals surface area contributed by atoms with Gasteiger partial charge in [0, 0.05) is 22.3 Å². The van der Waals surface area contributed by atoms with Crippen LogP contribution < -0.4 is 5.32 Å². The van der Waals surface area contributed by atoms with Gasteiger partial charge in [-0.15, -0.1) is 0 Å². The van der Waals surface area contributed by atoms with E-state index < -0.39 is 5.97 Å². The number of hydrogen-bond acceptors (Lipinski definition) is 3. The van der Waals surface area contributed by atoms with Gasteiger partial charge < -0.3 is 10.1 Å². The van der Waals surface area contributed by atoms with E-state index in [2.05, 4.69) is 21.2 Å². The van der Waals surface area contributed by atoms with Crippen molar-refractivity contribution in [1.82, 2.24) is 0 Å². The Morgan fingerprint density at radius 1 is 1.29 bits per heavy atom. The highest BCUT2D eigenvalue weighted by Crippen LogP contribution is 2.21. The molecule has 2 aromatic carbocycles. The van der Waals surface area contributed by atoms with Crippen LogP contribution in [0.3, 0.4) is 0 Å². The number of benzene rings is 2. The summed E-state index contributed by atoms with van der Waals surface area (Å²) in [7, 11) is 1.34. The number of anilines is 1. The molecule has 21 heavy (non-hydrogen) atoms. The Morgan fingerprint density at radius 2 is 2.05 bits per heavy atom. The van der Waals surface area contributed by atoms with Crippen LogP contribution >= 0.6 is 15.9 Å². The van der Waals surface area contributed by atoms with E-state index in [-0.39, 0.29) is 12.4 Å². The van der Waals surface area contributed by atoms with Crippen molar-refractivity contribution < 1.29 is 13.9 Å². The van der Waals surface area contributed by atoms with Crippen molar-refractivity contribution in [3.05, 3.63) is 63.4 Å². The number of aryl methyl sites for hydroxylation is 1. The van der Waals surface area contributed by atoms with E-state index in [0.717, 1.165) is 10.0 Å². The Bertz CT molecular complexity index is 673. The number of methoxy groups -OCH3 is 1. The van der Waals surface area contributed by atoms with Crippen molar-refractivity contribution >= 4 is 27.6 Å². The van der Waals surface area contributed by atoms with E-state index >= 15 is 0 Å². The highest BCUT2D eigenvalue weighted by molar-refractivity contribution is 9.10. The fraction of sp³-hybridized carbons (Fsp3) is 0.188. The zero-order valence-corrected chi connectivity index (χ0v) is 13.3. The Kier molecular flexibility index (Phi) is 4.96. The van der Waals surface area contributed by atoms with Gasteiger partial charge in [0.05, 0.1) is 12.7 Å². The van der Waals surface area contributed by atoms with Crippen LogP contribution in [0, 0.1) is 12.7 Å². The molecule has 0 atom stereocenters. The number of rotatable bonds is 4. The van der Waals surface area contributed by atoms with E-state index in [1.54, 1.807) is 24.3 Å². The van der Waals surface area contributed by atoms with Gasteiger partial charge in [-0.05, 0) is 37.3 Å². The number of carbonyl (C=O) groups excluding carboxylic acids is 1. The van der Waals surface area contributed by atoms with Crippen LogP contribution in [0.5, 0.6) is 0 Å². The van der Waals surface area contributed by atoms with Gasteiger partial charge in [0.25, 0.3) is 0 Å². The van der Waals surface area contributed by atoms with Crippen molar-refractivity contribution in [3.8, 4) is 0 Å². The zero-order chi connectivity index (χ0) is 15.4. The summed E-state index contributed by atoms with van der Waals surface area (Å²) >= 11 is 3.31. The Morgan fingerprint density at radius 3 is 2.76 bits per heavy atom. The smallest absolute Gasteiger partial charge is 0.339 e. The monoisotopic (exact) mass is 351 g/mol. The first kappa shape index (κ1) is 15.5. The van der Waals surface area contributed by atoms with Gasteiger partial charge in [-0.25, -0.2) is 9.18 Å². The maximum atomic E-state index is 13.7. The summed E-state index contributed by atoms with van der Waals surface area (Å²) in [6.07, 6.45) is 0. The van der Waals surface area contributed by atoms with E-state index in [1.807, 2.05) is 13.0 Å². The molecule has 0 saturated carbocycles. The van der Waals surface area contributed by atoms with Crippen molar-refractivity contribution in [3.63, 3.8) is 0 Å². The van der Waals surface area contributed by atoms with Crippen LogP contribution in [0.25, 0.3) is 0 Å². The molecule has 2 rings (SSSR count). The van der Waals surface area contributed by atoms with Gasteiger partial charge in [0.15, 0.2) is 0 Å². The number of carbonyl (C=O) groups is 1. The van der Waals surface area contributed by atoms with Crippen LogP contribution in [0.15, 0.2) is 40.9 Å². The lowest BCUT2D eigenvalue weighted by atomic mass is 10.1. The molecule has 0 bridgehead atoms. The Balaban J connectivity index is 2.24. The molecule has 0 aromatic heterocycles. The summed E-state index contributed by atoms with van der Waals surface area (Å²) < 4.78 is 19.3. The average Bonchev–Trinajstić information content (AvgIpc) is 2.48. The summed E-state index contributed by atoms with van der Waals surface area (Å²) in [6, 6.07) is 10.2. The van der Waals surface area contributed by atoms with Crippen molar-refractivity contribution in [2.75, 3.05) is 12.4 Å². The first-order chi connectivity index (χ1) is 10.0. The predicted molar refractivity (Wildman–Crippen MR) is 83.9 cm³/mol. The summed E-state index contributed by atoms with van der Waals surface area (Å²) in [5.41, 5.74) is 2.52. The van der Waals surface area contributed by atoms with E-state index in [1.165, 1.54) is 13.2 Å². The van der Waals surface area contributed by atoms with E-state index in [0.29, 0.717) is 16.8 Å². The van der Waals surface area contributed by atoms with Crippen molar-refractivity contribution in [1.29, 1.82) is 0 Å². The molecule has 2 aromatic rings. The van der Waals surface area contributed by atoms with Crippen LogP contribution in [0.4, 0.5) is 10.1 Å². The highest BCUT2D eigenvalue weighted by Gasteiger charge is 2.12. The number of halogens is 2. The fourth-order valence-electron chi connectivity index (χ4n) is 1.96. The minimum absolute atomic E-state index is 0.276. The first-order valence-electron chi connectivity index (χ1n) is 6.38. The molecule has 0 amide bonds. The van der Waals surface area contributed by atoms with Gasteiger partial charge in [0.1, 0.15) is 5.82 Å². The quantitative estimate of drug-likeness (QED) is 0.834. The van der Waals surface area contributed by atoms with Crippen LogP contribution in [0.1, 0.15) is 21.5 Å². The minimum atomic E-state index is -0.420. The summed E-state index contributed by atoms with van der Waals surface area (Å²) in [5.74, 6) is -0.714. The first-order valence-corrected chi connectivity index (χ1v) is 7.17. The van der Waals surface area contributed by atoms with E-state index in [9.17, 15) is 9.18 Å². The lowest BCUT2D eigenvalue weighted by Gasteiger charge is -2.12. The Hall–Kier alpha value is -1.88. The van der Waals surface area contributed by atoms with Gasteiger partial charge in [-0.2, -0.15) is 0 Å². The third-order valence-corrected chi connectivity index (χ3v) is 3.55. The standard InChI is InChI=1S/C16H15BrFNO2/c1-10-3-6-15(13(7-10)16(20)21-2)19-9-11-8-12(17)4-5-14(11)18/h3-8,19H,9H2,1-2H3. The third-order valence-electron chi connectivity index (χ3n) is 3.06. The largest absolute Gasteiger partial charge is 0.465 e. The molecule has 3 nitrogen and oxygen atoms in total. The maximum absolute atomic E-state index is 13.7. The van der Waals surface area contributed by atoms with Crippen molar-refractivity contribution in [2.24, 2.45) is 0 Å². The molecule has 5 heteroatoms. The zero-order valence-electron chi connectivity index (χ0n) is 11.7. The molecule has 0 heterocycles. The van der Waals surface area contributed by atoms with Crippen LogP contribution in [-0.4, -0.2) is 13.1 Å². The number of ether oxygens (including phenoxy) is 1. The van der Waals surface area contributed by atoms with Crippen LogP contribution in [0.2, 0.25) is 0 Å². The molecule has 110 valence electrons. The van der Waals surface area contributed by atoms with Crippen LogP contribution in [-0.2, 0) is 11.3 Å². The lowest BCUT2D eigenvalue weighted by molar-refractivity contribution is 0.0601. The molecule has 0 aliphatic carbocycles. The predicted octanol–water partition coefficient (Wildman–Crippen LogP) is 4.30. The molecule has 0 radical (unpaired) electrons. The van der Waals surface area contributed by atoms with Crippen molar-refractivity contribution in [2.45, 2.75) is 13.5 Å². The van der Waals surface area contributed by atoms with Gasteiger partial charge in [0.2, 0.25) is 0 Å². The number of nitrogens with one attached hydrogen (secondary N) is 1. The van der Waals surface area contributed by atoms with Gasteiger partial charge in [-0.1, -0.05) is 27.6 Å². The topological polar surface area (TPSA) is 38.3 Å². The fourth-order valence-corrected chi connectivity index (χ4v) is 2.37. The Labute approximate surface area is 131 Å². The molecule has 0 unspecified atom stereocenters. The molecule has 1 N–H and O–H groups in total. The highest BCUT2D eigenvalue weighted by atomic mass is 79.9. The molecule has 0 aliphatic rings. The van der Waals surface area contributed by atoms with Gasteiger partial charge >= 0.3 is 5.97 Å². The maximum Gasteiger partial charge on any atom is 0.339 e. The summed E-state index contributed by atoms with van der Waals surface area (Å²) in [5, 5.41) is 3.08. The summed E-state index contributed by atoms with van der Waals surface area (Å²) in [6.45, 7) is 2.17. The van der Waals surface area contributed by atoms with Gasteiger partial charge in [-0.3, -0.25) is 0 Å². The molecule has 0 saturated heterocycles. The second-order valence-electron chi connectivity index (χ2n) is 4.63. The molecule has 0 aliphatic heterocycles. The lowest BCUT2D eigenvalue weighted by Crippen LogP contribution is -2.09. The number of esters is 1. The third kappa shape index (κ3) is 3.82. The number of hydrogen-bond donors (Lipinski definition) is 1. The van der Waals surface area contributed by atoms with E-state index in [4.69, 9.17) is 4.74 Å². The molecular weight excluding hydrogens is 337 g/mol. The molecule has 0 fully saturated rings. The summed E-state index contributed by atoms with van der Waals surface area (Å²) in [4.78, 5) is 11.8. The molecule has 0 spiro atoms.